The minimum absolute atomic E-state index is 0.210. The molecule has 3 rings (SSSR count). The molecule has 0 spiro atoms. The van der Waals surface area contributed by atoms with Gasteiger partial charge in [-0.25, -0.2) is 18.9 Å². The number of carbonyl (C=O) groups is 1. The highest BCUT2D eigenvalue weighted by molar-refractivity contribution is 8.25. The number of hydrogen-bond donors (Lipinski definition) is 1. The van der Waals surface area contributed by atoms with E-state index in [1.165, 1.54) is 53.1 Å². The Morgan fingerprint density at radius 2 is 2.29 bits per heavy atom. The lowest BCUT2D eigenvalue weighted by molar-refractivity contribution is 0.0636. The number of anilines is 1. The van der Waals surface area contributed by atoms with Gasteiger partial charge in [-0.05, 0) is 20.8 Å². The molecule has 8 nitrogen and oxygen atoms in total. The number of nitrogens with one attached hydrogen (secondary N) is 1. The third-order valence-corrected chi connectivity index (χ3v) is 6.27. The average molecular weight is 420 g/mol. The molecule has 0 aliphatic carbocycles. The van der Waals surface area contributed by atoms with Crippen molar-refractivity contribution in [1.82, 2.24) is 19.7 Å². The molecule has 1 amide bonds. The van der Waals surface area contributed by atoms with Crippen molar-refractivity contribution in [1.29, 1.82) is 5.26 Å². The van der Waals surface area contributed by atoms with Crippen LogP contribution in [0.4, 0.5) is 14.9 Å². The molecule has 28 heavy (non-hydrogen) atoms. The second-order valence-corrected chi connectivity index (χ2v) is 9.23. The minimum Gasteiger partial charge on any atom is -0.444 e. The van der Waals surface area contributed by atoms with Crippen LogP contribution in [0.2, 0.25) is 0 Å². The second-order valence-electron chi connectivity index (χ2n) is 6.72. The standard InChI is InChI=1S/C17H17FN6O2S2/c1-17(2,3)26-16(25)23-10-4-11(18)14(21-6-10)13-7-27-15(28-13)12(5-19)24-9-20-8-22-24/h4,6,8-9,13H,7H2,1-3H3,(H,23,25)/b15-12+. The molecule has 1 unspecified atom stereocenters. The Morgan fingerprint density at radius 3 is 2.89 bits per heavy atom. The van der Waals surface area contributed by atoms with E-state index in [1.807, 2.05) is 0 Å². The van der Waals surface area contributed by atoms with Crippen LogP contribution in [-0.2, 0) is 4.74 Å². The predicted octanol–water partition coefficient (Wildman–Crippen LogP) is 4.03. The molecular weight excluding hydrogens is 403 g/mol. The molecule has 1 N–H and O–H groups in total. The van der Waals surface area contributed by atoms with Gasteiger partial charge in [0.15, 0.2) is 5.70 Å². The van der Waals surface area contributed by atoms with Gasteiger partial charge >= 0.3 is 6.09 Å². The highest BCUT2D eigenvalue weighted by atomic mass is 32.2. The van der Waals surface area contributed by atoms with Gasteiger partial charge in [-0.15, -0.1) is 23.5 Å². The largest absolute Gasteiger partial charge is 0.444 e. The first kappa shape index (κ1) is 20.2. The molecule has 1 fully saturated rings. The lowest BCUT2D eigenvalue weighted by Gasteiger charge is -2.19. The van der Waals surface area contributed by atoms with Crippen molar-refractivity contribution in [3.8, 4) is 6.07 Å². The Balaban J connectivity index is 1.73. The first-order valence-electron chi connectivity index (χ1n) is 8.21. The summed E-state index contributed by atoms with van der Waals surface area (Å²) in [6, 6.07) is 3.32. The smallest absolute Gasteiger partial charge is 0.412 e. The zero-order valence-electron chi connectivity index (χ0n) is 15.3. The SMILES string of the molecule is CC(C)(C)OC(=O)Nc1cnc(C2CS/C(=C(/C#N)n3cncn3)S2)c(F)c1. The molecule has 1 atom stereocenters. The highest BCUT2D eigenvalue weighted by Gasteiger charge is 2.30. The summed E-state index contributed by atoms with van der Waals surface area (Å²) in [6.07, 6.45) is 3.49. The summed E-state index contributed by atoms with van der Waals surface area (Å²) < 4.78 is 21.8. The fraction of sp³-hybridized carbons (Fsp3) is 0.353. The number of hydrogen-bond acceptors (Lipinski definition) is 8. The van der Waals surface area contributed by atoms with Crippen LogP contribution in [0.15, 0.2) is 29.2 Å². The first-order valence-corrected chi connectivity index (χ1v) is 10.1. The van der Waals surface area contributed by atoms with Gasteiger partial charge in [0.05, 0.1) is 27.1 Å². The molecule has 146 valence electrons. The summed E-state index contributed by atoms with van der Waals surface area (Å²) in [6.45, 7) is 5.22. The Labute approximate surface area is 169 Å². The molecule has 1 aliphatic heterocycles. The highest BCUT2D eigenvalue weighted by Crippen LogP contribution is 2.52. The van der Waals surface area contributed by atoms with Crippen molar-refractivity contribution >= 4 is 41.0 Å². The van der Waals surface area contributed by atoms with Gasteiger partial charge in [0.2, 0.25) is 0 Å². The maximum atomic E-state index is 14.6. The van der Waals surface area contributed by atoms with Crippen LogP contribution in [0.3, 0.4) is 0 Å². The van der Waals surface area contributed by atoms with Crippen molar-refractivity contribution in [2.24, 2.45) is 0 Å². The zero-order chi connectivity index (χ0) is 20.3. The summed E-state index contributed by atoms with van der Waals surface area (Å²) in [5, 5.41) is 15.6. The van der Waals surface area contributed by atoms with Gasteiger partial charge in [0, 0.05) is 11.8 Å². The average Bonchev–Trinajstić information content (AvgIpc) is 3.26. The van der Waals surface area contributed by atoms with Gasteiger partial charge in [0.25, 0.3) is 0 Å². The quantitative estimate of drug-likeness (QED) is 0.742. The van der Waals surface area contributed by atoms with Crippen LogP contribution in [0, 0.1) is 17.1 Å². The number of carbonyl (C=O) groups excluding carboxylic acids is 1. The Kier molecular flexibility index (Phi) is 5.90. The van der Waals surface area contributed by atoms with Gasteiger partial charge in [0.1, 0.15) is 30.1 Å². The van der Waals surface area contributed by atoms with E-state index in [0.717, 1.165) is 4.24 Å². The van der Waals surface area contributed by atoms with Crippen molar-refractivity contribution in [3.05, 3.63) is 40.7 Å². The second kappa shape index (κ2) is 8.20. The molecule has 0 radical (unpaired) electrons. The van der Waals surface area contributed by atoms with Gasteiger partial charge in [-0.1, -0.05) is 0 Å². The van der Waals surface area contributed by atoms with E-state index >= 15 is 0 Å². The van der Waals surface area contributed by atoms with Crippen LogP contribution in [0.1, 0.15) is 31.7 Å². The van der Waals surface area contributed by atoms with Gasteiger partial charge < -0.3 is 4.74 Å². The zero-order valence-corrected chi connectivity index (χ0v) is 17.0. The van der Waals surface area contributed by atoms with Crippen LogP contribution in [-0.4, -0.2) is 37.2 Å². The topological polar surface area (TPSA) is 106 Å². The minimum atomic E-state index is -0.677. The number of allylic oxidation sites excluding steroid dienone is 1. The Hall–Kier alpha value is -2.58. The monoisotopic (exact) mass is 420 g/mol. The maximum absolute atomic E-state index is 14.6. The molecule has 3 heterocycles. The third kappa shape index (κ3) is 4.82. The first-order chi connectivity index (χ1) is 13.3. The third-order valence-electron chi connectivity index (χ3n) is 3.38. The number of pyridine rings is 1. The molecule has 0 aromatic carbocycles. The summed E-state index contributed by atoms with van der Waals surface area (Å²) in [4.78, 5) is 19.8. The van der Waals surface area contributed by atoms with Gasteiger partial charge in [-0.3, -0.25) is 10.3 Å². The Bertz CT molecular complexity index is 950. The van der Waals surface area contributed by atoms with Crippen LogP contribution >= 0.6 is 23.5 Å². The summed E-state index contributed by atoms with van der Waals surface area (Å²) in [7, 11) is 0. The van der Waals surface area contributed by atoms with E-state index in [1.54, 1.807) is 20.8 Å². The lowest BCUT2D eigenvalue weighted by Crippen LogP contribution is -2.27. The summed E-state index contributed by atoms with van der Waals surface area (Å²) >= 11 is 2.79. The number of ether oxygens (including phenoxy) is 1. The van der Waals surface area contributed by atoms with Crippen molar-refractivity contribution in [3.63, 3.8) is 0 Å². The van der Waals surface area contributed by atoms with E-state index in [2.05, 4.69) is 26.5 Å². The fourth-order valence-corrected chi connectivity index (χ4v) is 5.13. The number of rotatable bonds is 3. The van der Waals surface area contributed by atoms with Crippen molar-refractivity contribution < 1.29 is 13.9 Å². The number of nitrogens with zero attached hydrogens (tertiary/aromatic N) is 5. The maximum Gasteiger partial charge on any atom is 0.412 e. The number of halogens is 1. The molecular formula is C17H17FN6O2S2. The van der Waals surface area contributed by atoms with Crippen molar-refractivity contribution in [2.45, 2.75) is 31.6 Å². The number of amides is 1. The van der Waals surface area contributed by atoms with Crippen LogP contribution in [0.5, 0.6) is 0 Å². The lowest BCUT2D eigenvalue weighted by atomic mass is 10.2. The Morgan fingerprint density at radius 1 is 1.50 bits per heavy atom. The van der Waals surface area contributed by atoms with E-state index in [0.29, 0.717) is 11.4 Å². The van der Waals surface area contributed by atoms with Gasteiger partial charge in [-0.2, -0.15) is 10.4 Å². The van der Waals surface area contributed by atoms with E-state index < -0.39 is 17.5 Å². The fourth-order valence-electron chi connectivity index (χ4n) is 2.30. The van der Waals surface area contributed by atoms with E-state index in [4.69, 9.17) is 4.74 Å². The predicted molar refractivity (Wildman–Crippen MR) is 106 cm³/mol. The van der Waals surface area contributed by atoms with Crippen molar-refractivity contribution in [2.75, 3.05) is 11.1 Å². The summed E-state index contributed by atoms with van der Waals surface area (Å²) in [5.41, 5.74) is 0.165. The number of thioether (sulfide) groups is 2. The molecule has 2 aromatic rings. The molecule has 1 aliphatic rings. The van der Waals surface area contributed by atoms with Crippen LogP contribution < -0.4 is 5.32 Å². The van der Waals surface area contributed by atoms with E-state index in [-0.39, 0.29) is 16.6 Å². The molecule has 2 aromatic heterocycles. The molecule has 1 saturated heterocycles. The normalized spacial score (nSPS) is 18.5. The van der Waals surface area contributed by atoms with Crippen LogP contribution in [0.25, 0.3) is 5.70 Å². The molecule has 0 saturated carbocycles. The number of aromatic nitrogens is 4. The van der Waals surface area contributed by atoms with E-state index in [9.17, 15) is 14.4 Å². The number of nitriles is 1. The molecule has 11 heteroatoms. The summed E-state index contributed by atoms with van der Waals surface area (Å²) in [5.74, 6) is 0.0231. The molecule has 0 bridgehead atoms.